The van der Waals surface area contributed by atoms with Crippen LogP contribution in [0.2, 0.25) is 0 Å². The summed E-state index contributed by atoms with van der Waals surface area (Å²) in [6.07, 6.45) is 0. The van der Waals surface area contributed by atoms with Gasteiger partial charge in [0.2, 0.25) is 0 Å². The van der Waals surface area contributed by atoms with Crippen molar-refractivity contribution in [3.05, 3.63) is 0 Å². The molecule has 0 atom stereocenters. The maximum absolute atomic E-state index is 3.10. The van der Waals surface area contributed by atoms with Crippen molar-refractivity contribution in [1.29, 1.82) is 0 Å². The normalized spacial score (nSPS) is 12.4. The number of rotatable bonds is 1. The summed E-state index contributed by atoms with van der Waals surface area (Å²) in [6.45, 7) is 6.37. The molecule has 0 aliphatic rings. The van der Waals surface area contributed by atoms with Crippen LogP contribution in [0.25, 0.3) is 0 Å². The molecule has 2 nitrogen and oxygen atoms in total. The van der Waals surface area contributed by atoms with Crippen LogP contribution in [0.15, 0.2) is 0 Å². The van der Waals surface area contributed by atoms with Gasteiger partial charge in [0.05, 0.1) is 10.4 Å². The first-order valence-corrected chi connectivity index (χ1v) is 3.50. The summed E-state index contributed by atoms with van der Waals surface area (Å²) >= 11 is 0. The zero-order valence-corrected chi connectivity index (χ0v) is 7.50. The predicted octanol–water partition coefficient (Wildman–Crippen LogP) is -0.841. The van der Waals surface area contributed by atoms with Crippen LogP contribution in [0, 0.1) is 0 Å². The summed E-state index contributed by atoms with van der Waals surface area (Å²) in [6, 6.07) is 0. The SMILES string of the molecule is CC(C)(C)NN[SiH3]. The molecule has 0 aliphatic carbocycles. The Kier molecular flexibility index (Phi) is 2.49. The molecule has 0 rings (SSSR count). The van der Waals surface area contributed by atoms with Crippen molar-refractivity contribution in [3.8, 4) is 0 Å². The van der Waals surface area contributed by atoms with Crippen molar-refractivity contribution in [2.45, 2.75) is 26.3 Å². The highest BCUT2D eigenvalue weighted by atomic mass is 28.2. The van der Waals surface area contributed by atoms with Crippen LogP contribution in [0.4, 0.5) is 0 Å². The fourth-order valence-corrected chi connectivity index (χ4v) is 1.12. The lowest BCUT2D eigenvalue weighted by Gasteiger charge is -2.18. The van der Waals surface area contributed by atoms with E-state index in [2.05, 4.69) is 31.3 Å². The summed E-state index contributed by atoms with van der Waals surface area (Å²) in [5, 5.41) is 3.00. The molecular weight excluding hydrogens is 104 g/mol. The van der Waals surface area contributed by atoms with Gasteiger partial charge in [0, 0.05) is 5.54 Å². The molecule has 0 saturated heterocycles. The second kappa shape index (κ2) is 2.45. The van der Waals surface area contributed by atoms with Crippen molar-refractivity contribution < 1.29 is 0 Å². The highest BCUT2D eigenvalue weighted by molar-refractivity contribution is 6.03. The Morgan fingerprint density at radius 3 is 1.71 bits per heavy atom. The van der Waals surface area contributed by atoms with Gasteiger partial charge < -0.3 is 0 Å². The quantitative estimate of drug-likeness (QED) is 0.346. The maximum atomic E-state index is 3.10. The number of hydrogen-bond acceptors (Lipinski definition) is 2. The van der Waals surface area contributed by atoms with Crippen molar-refractivity contribution in [2.75, 3.05) is 0 Å². The third-order valence-electron chi connectivity index (χ3n) is 0.500. The van der Waals surface area contributed by atoms with E-state index in [1.807, 2.05) is 0 Å². The minimum atomic E-state index is 0.224. The summed E-state index contributed by atoms with van der Waals surface area (Å²) < 4.78 is 0. The van der Waals surface area contributed by atoms with E-state index in [0.29, 0.717) is 0 Å². The van der Waals surface area contributed by atoms with Crippen molar-refractivity contribution in [3.63, 3.8) is 0 Å². The molecule has 0 bridgehead atoms. The van der Waals surface area contributed by atoms with Gasteiger partial charge >= 0.3 is 0 Å². The van der Waals surface area contributed by atoms with Crippen LogP contribution in [0.3, 0.4) is 0 Å². The van der Waals surface area contributed by atoms with E-state index < -0.39 is 0 Å². The Bertz CT molecular complexity index is 48.1. The molecular formula is C4H14N2Si. The highest BCUT2D eigenvalue weighted by Crippen LogP contribution is 1.93. The molecule has 0 aromatic heterocycles. The third kappa shape index (κ3) is 6.14. The van der Waals surface area contributed by atoms with Crippen molar-refractivity contribution >= 4 is 10.4 Å². The molecule has 0 unspecified atom stereocenters. The highest BCUT2D eigenvalue weighted by Gasteiger charge is 2.04. The molecule has 0 amide bonds. The number of nitrogens with one attached hydrogen (secondary N) is 2. The fourth-order valence-electron chi connectivity index (χ4n) is 0.375. The average molecular weight is 118 g/mol. The third-order valence-corrected chi connectivity index (χ3v) is 0.750. The Morgan fingerprint density at radius 2 is 1.71 bits per heavy atom. The number of hydrazine groups is 1. The van der Waals surface area contributed by atoms with Crippen LogP contribution in [-0.2, 0) is 0 Å². The largest absolute Gasteiger partial charge is 0.289 e. The standard InChI is InChI=1S/C4H14N2Si/c1-4(2,3)5-6-7/h5-6H,1-3,7H3. The van der Waals surface area contributed by atoms with Gasteiger partial charge in [-0.05, 0) is 20.8 Å². The summed E-state index contributed by atoms with van der Waals surface area (Å²) in [4.78, 5) is 0. The van der Waals surface area contributed by atoms with E-state index in [1.165, 1.54) is 0 Å². The lowest BCUT2D eigenvalue weighted by molar-refractivity contribution is 0.412. The minimum absolute atomic E-state index is 0.224. The molecule has 0 spiro atoms. The van der Waals surface area contributed by atoms with Crippen LogP contribution in [0.1, 0.15) is 20.8 Å². The van der Waals surface area contributed by atoms with Crippen LogP contribution >= 0.6 is 0 Å². The van der Waals surface area contributed by atoms with Crippen LogP contribution in [-0.4, -0.2) is 15.9 Å². The molecule has 7 heavy (non-hydrogen) atoms. The smallest absolute Gasteiger partial charge is 0.0942 e. The van der Waals surface area contributed by atoms with E-state index in [4.69, 9.17) is 0 Å². The molecule has 0 fully saturated rings. The van der Waals surface area contributed by atoms with E-state index >= 15 is 0 Å². The topological polar surface area (TPSA) is 24.1 Å². The first-order chi connectivity index (χ1) is 3.06. The van der Waals surface area contributed by atoms with Crippen molar-refractivity contribution in [2.24, 2.45) is 0 Å². The first-order valence-electron chi connectivity index (χ1n) is 2.50. The Morgan fingerprint density at radius 1 is 1.29 bits per heavy atom. The van der Waals surface area contributed by atoms with E-state index in [1.54, 1.807) is 0 Å². The molecule has 0 saturated carbocycles. The zero-order valence-electron chi connectivity index (χ0n) is 5.50. The van der Waals surface area contributed by atoms with E-state index in [0.717, 1.165) is 10.4 Å². The number of hydrogen-bond donors (Lipinski definition) is 2. The van der Waals surface area contributed by atoms with Crippen LogP contribution < -0.4 is 10.5 Å². The molecule has 0 radical (unpaired) electrons. The van der Waals surface area contributed by atoms with Gasteiger partial charge in [0.15, 0.2) is 0 Å². The molecule has 0 aromatic carbocycles. The molecule has 2 N–H and O–H groups in total. The van der Waals surface area contributed by atoms with Crippen molar-refractivity contribution in [1.82, 2.24) is 10.5 Å². The van der Waals surface area contributed by atoms with Gasteiger partial charge in [-0.2, -0.15) is 0 Å². The van der Waals surface area contributed by atoms with Gasteiger partial charge in [-0.3, -0.25) is 10.5 Å². The molecule has 0 heterocycles. The lowest BCUT2D eigenvalue weighted by Crippen LogP contribution is -2.44. The maximum Gasteiger partial charge on any atom is 0.0942 e. The molecule has 0 aromatic rings. The van der Waals surface area contributed by atoms with Crippen LogP contribution in [0.5, 0.6) is 0 Å². The molecule has 0 aliphatic heterocycles. The monoisotopic (exact) mass is 118 g/mol. The summed E-state index contributed by atoms with van der Waals surface area (Å²) in [7, 11) is 1.01. The second-order valence-corrected chi connectivity index (χ2v) is 3.12. The van der Waals surface area contributed by atoms with Gasteiger partial charge in [0.25, 0.3) is 0 Å². The van der Waals surface area contributed by atoms with Gasteiger partial charge in [-0.1, -0.05) is 0 Å². The van der Waals surface area contributed by atoms with Gasteiger partial charge in [0.1, 0.15) is 0 Å². The molecule has 44 valence electrons. The fraction of sp³-hybridized carbons (Fsp3) is 1.00. The predicted molar refractivity (Wildman–Crippen MR) is 36.0 cm³/mol. The summed E-state index contributed by atoms with van der Waals surface area (Å²) in [5.41, 5.74) is 3.32. The second-order valence-electron chi connectivity index (χ2n) is 2.62. The first kappa shape index (κ1) is 7.14. The van der Waals surface area contributed by atoms with Gasteiger partial charge in [-0.15, -0.1) is 0 Å². The Balaban J connectivity index is 3.15. The summed E-state index contributed by atoms with van der Waals surface area (Å²) in [5.74, 6) is 0. The minimum Gasteiger partial charge on any atom is -0.289 e. The zero-order chi connectivity index (χ0) is 5.91. The average Bonchev–Trinajstić information content (AvgIpc) is 1.30. The van der Waals surface area contributed by atoms with Gasteiger partial charge in [-0.25, -0.2) is 0 Å². The Hall–Kier alpha value is 0.137. The van der Waals surface area contributed by atoms with E-state index in [-0.39, 0.29) is 5.54 Å². The Labute approximate surface area is 48.2 Å². The molecule has 3 heteroatoms. The van der Waals surface area contributed by atoms with E-state index in [9.17, 15) is 0 Å². The lowest BCUT2D eigenvalue weighted by atomic mass is 10.1.